The summed E-state index contributed by atoms with van der Waals surface area (Å²) >= 11 is 5.81. The van der Waals surface area contributed by atoms with Crippen molar-refractivity contribution in [3.63, 3.8) is 0 Å². The number of nitrogen functional groups attached to an aromatic ring is 1. The maximum absolute atomic E-state index is 14.2. The Bertz CT molecular complexity index is 997. The van der Waals surface area contributed by atoms with Crippen molar-refractivity contribution in [2.75, 3.05) is 12.4 Å². The zero-order valence-corrected chi connectivity index (χ0v) is 13.8. The third kappa shape index (κ3) is 3.43. The highest BCUT2D eigenvalue weighted by Crippen LogP contribution is 2.27. The predicted octanol–water partition coefficient (Wildman–Crippen LogP) is 1.89. The molecule has 26 heavy (non-hydrogen) atoms. The minimum Gasteiger partial charge on any atom is -0.478 e. The minimum atomic E-state index is -5.06. The molecule has 0 amide bonds. The maximum Gasteiger partial charge on any atom is 0.433 e. The number of alkyl halides is 3. The Morgan fingerprint density at radius 2 is 1.92 bits per heavy atom. The Hall–Kier alpha value is -2.82. The number of rotatable bonds is 3. The Morgan fingerprint density at radius 1 is 1.31 bits per heavy atom. The van der Waals surface area contributed by atoms with Gasteiger partial charge in [-0.1, -0.05) is 11.6 Å². The topological polar surface area (TPSA) is 103 Å². The number of nitrogens with one attached hydrogen (secondary N) is 1. The van der Waals surface area contributed by atoms with Crippen LogP contribution in [0.3, 0.4) is 0 Å². The van der Waals surface area contributed by atoms with Crippen molar-refractivity contribution in [3.05, 3.63) is 61.1 Å². The van der Waals surface area contributed by atoms with Crippen LogP contribution >= 0.6 is 11.6 Å². The lowest BCUT2D eigenvalue weighted by atomic mass is 10.2. The van der Waals surface area contributed by atoms with Gasteiger partial charge < -0.3 is 10.6 Å². The molecule has 2 aromatic rings. The quantitative estimate of drug-likeness (QED) is 0.359. The number of nitrogens with two attached hydrogens (primary N) is 1. The maximum atomic E-state index is 14.2. The third-order valence-corrected chi connectivity index (χ3v) is 3.55. The molecule has 0 aliphatic carbocycles. The minimum absolute atomic E-state index is 0.0585. The molecule has 7 nitrogen and oxygen atoms in total. The first-order valence-corrected chi connectivity index (χ1v) is 7.29. The van der Waals surface area contributed by atoms with E-state index in [0.717, 1.165) is 6.07 Å². The summed E-state index contributed by atoms with van der Waals surface area (Å²) in [4.78, 5) is 24.1. The summed E-state index contributed by atoms with van der Waals surface area (Å²) in [6, 6.07) is 1.60. The van der Waals surface area contributed by atoms with E-state index in [0.29, 0.717) is 6.07 Å². The van der Waals surface area contributed by atoms with Gasteiger partial charge in [-0.05, 0) is 19.1 Å². The van der Waals surface area contributed by atoms with Crippen LogP contribution in [-0.2, 0) is 10.9 Å². The molecule has 0 fully saturated rings. The van der Waals surface area contributed by atoms with Crippen molar-refractivity contribution in [3.8, 4) is 5.69 Å². The largest absolute Gasteiger partial charge is 0.478 e. The van der Waals surface area contributed by atoms with Crippen molar-refractivity contribution in [1.82, 2.24) is 9.24 Å². The van der Waals surface area contributed by atoms with Gasteiger partial charge >= 0.3 is 11.9 Å². The van der Waals surface area contributed by atoms with E-state index in [1.165, 1.54) is 0 Å². The molecular formula is C14H11ClF4N4O3. The van der Waals surface area contributed by atoms with Crippen LogP contribution in [0.25, 0.3) is 5.69 Å². The van der Waals surface area contributed by atoms with E-state index in [1.54, 1.807) is 6.92 Å². The van der Waals surface area contributed by atoms with Crippen molar-refractivity contribution in [2.45, 2.75) is 13.1 Å². The monoisotopic (exact) mass is 394 g/mol. The standard InChI is InChI=1S/C14H11ClF4N4O3/c1-2-26-12(20)6-3-9(8(16)4-7(6)15)22-11(24)5-10(14(17,18)19)23(21)13(22)25/h3-5,20H,2,21H2,1H3. The average Bonchev–Trinajstić information content (AvgIpc) is 2.52. The molecule has 140 valence electrons. The molecule has 1 heterocycles. The number of aromatic nitrogens is 2. The second kappa shape index (κ2) is 6.83. The molecule has 3 N–H and O–H groups in total. The molecule has 0 saturated carbocycles. The van der Waals surface area contributed by atoms with Crippen molar-refractivity contribution in [2.24, 2.45) is 0 Å². The molecule has 0 aliphatic rings. The van der Waals surface area contributed by atoms with Gasteiger partial charge in [-0.25, -0.2) is 18.4 Å². The molecule has 2 rings (SSSR count). The third-order valence-electron chi connectivity index (χ3n) is 3.24. The molecular weight excluding hydrogens is 384 g/mol. The van der Waals surface area contributed by atoms with Gasteiger partial charge in [-0.15, -0.1) is 0 Å². The Kier molecular flexibility index (Phi) is 5.12. The fraction of sp³-hybridized carbons (Fsp3) is 0.214. The Morgan fingerprint density at radius 3 is 2.46 bits per heavy atom. The number of halogens is 5. The summed E-state index contributed by atoms with van der Waals surface area (Å²) in [6.45, 7) is 1.65. The number of ether oxygens (including phenoxy) is 1. The molecule has 0 saturated heterocycles. The number of nitrogens with zero attached hydrogens (tertiary/aromatic N) is 2. The average molecular weight is 395 g/mol. The van der Waals surface area contributed by atoms with Crippen molar-refractivity contribution >= 4 is 17.5 Å². The number of benzene rings is 1. The lowest BCUT2D eigenvalue weighted by molar-refractivity contribution is -0.143. The van der Waals surface area contributed by atoms with E-state index in [-0.39, 0.29) is 32.5 Å². The summed E-state index contributed by atoms with van der Waals surface area (Å²) in [6.07, 6.45) is -5.06. The van der Waals surface area contributed by atoms with Crippen LogP contribution in [0.5, 0.6) is 0 Å². The van der Waals surface area contributed by atoms with Gasteiger partial charge in [0.05, 0.1) is 22.9 Å². The summed E-state index contributed by atoms with van der Waals surface area (Å²) in [5, 5.41) is 7.44. The lowest BCUT2D eigenvalue weighted by Gasteiger charge is -2.15. The molecule has 0 atom stereocenters. The Labute approximate surface area is 147 Å². The van der Waals surface area contributed by atoms with Crippen LogP contribution in [-0.4, -0.2) is 21.7 Å². The van der Waals surface area contributed by atoms with Crippen LogP contribution in [0.4, 0.5) is 17.6 Å². The normalized spacial score (nSPS) is 11.5. The van der Waals surface area contributed by atoms with Crippen LogP contribution in [0.2, 0.25) is 5.02 Å². The fourth-order valence-corrected chi connectivity index (χ4v) is 2.34. The summed E-state index contributed by atoms with van der Waals surface area (Å²) < 4.78 is 57.3. The first-order valence-electron chi connectivity index (χ1n) is 6.91. The van der Waals surface area contributed by atoms with Crippen LogP contribution in [0.1, 0.15) is 18.2 Å². The molecule has 0 spiro atoms. The predicted molar refractivity (Wildman–Crippen MR) is 84.9 cm³/mol. The van der Waals surface area contributed by atoms with Crippen LogP contribution < -0.4 is 17.1 Å². The highest BCUT2D eigenvalue weighted by atomic mass is 35.5. The van der Waals surface area contributed by atoms with Gasteiger partial charge in [0.15, 0.2) is 5.69 Å². The van der Waals surface area contributed by atoms with Crippen LogP contribution in [0, 0.1) is 11.2 Å². The fourth-order valence-electron chi connectivity index (χ4n) is 2.10. The van der Waals surface area contributed by atoms with E-state index < -0.39 is 40.5 Å². The second-order valence-electron chi connectivity index (χ2n) is 4.90. The smallest absolute Gasteiger partial charge is 0.433 e. The summed E-state index contributed by atoms with van der Waals surface area (Å²) in [7, 11) is 0. The zero-order valence-electron chi connectivity index (χ0n) is 13.0. The van der Waals surface area contributed by atoms with Crippen molar-refractivity contribution < 1.29 is 22.3 Å². The number of hydrogen-bond donors (Lipinski definition) is 2. The molecule has 12 heteroatoms. The highest BCUT2D eigenvalue weighted by Gasteiger charge is 2.36. The molecule has 1 aromatic carbocycles. The molecule has 1 aromatic heterocycles. The molecule has 0 aliphatic heterocycles. The van der Waals surface area contributed by atoms with E-state index in [9.17, 15) is 27.2 Å². The van der Waals surface area contributed by atoms with E-state index >= 15 is 0 Å². The van der Waals surface area contributed by atoms with Gasteiger partial charge in [0.1, 0.15) is 5.82 Å². The SMILES string of the molecule is CCOC(=N)c1cc(-n2c(=O)cc(C(F)(F)F)n(N)c2=O)c(F)cc1Cl. The highest BCUT2D eigenvalue weighted by molar-refractivity contribution is 6.33. The molecule has 0 bridgehead atoms. The van der Waals surface area contributed by atoms with Gasteiger partial charge in [0, 0.05) is 6.07 Å². The zero-order chi connectivity index (χ0) is 19.8. The lowest BCUT2D eigenvalue weighted by Crippen LogP contribution is -2.45. The Balaban J connectivity index is 2.80. The molecule has 0 unspecified atom stereocenters. The first-order chi connectivity index (χ1) is 12.0. The first kappa shape index (κ1) is 19.5. The van der Waals surface area contributed by atoms with Gasteiger partial charge in [0.25, 0.3) is 5.56 Å². The van der Waals surface area contributed by atoms with Gasteiger partial charge in [-0.2, -0.15) is 13.2 Å². The van der Waals surface area contributed by atoms with E-state index in [2.05, 4.69) is 0 Å². The summed E-state index contributed by atoms with van der Waals surface area (Å²) in [5.41, 5.74) is -5.67. The van der Waals surface area contributed by atoms with Gasteiger partial charge in [-0.3, -0.25) is 10.2 Å². The van der Waals surface area contributed by atoms with E-state index in [1.807, 2.05) is 0 Å². The summed E-state index contributed by atoms with van der Waals surface area (Å²) in [5.74, 6) is 3.45. The number of hydrogen-bond acceptors (Lipinski definition) is 5. The molecule has 0 radical (unpaired) electrons. The van der Waals surface area contributed by atoms with Crippen molar-refractivity contribution in [1.29, 1.82) is 5.41 Å². The van der Waals surface area contributed by atoms with E-state index in [4.69, 9.17) is 27.6 Å². The second-order valence-corrected chi connectivity index (χ2v) is 5.31. The van der Waals surface area contributed by atoms with Crippen LogP contribution in [0.15, 0.2) is 27.8 Å². The van der Waals surface area contributed by atoms with Gasteiger partial charge in [0.2, 0.25) is 5.90 Å².